The highest BCUT2D eigenvalue weighted by Crippen LogP contribution is 2.29. The highest BCUT2D eigenvalue weighted by Gasteiger charge is 2.34. The fraction of sp³-hybridized carbons (Fsp3) is 0.316. The molecule has 1 N–H and O–H groups in total. The summed E-state index contributed by atoms with van der Waals surface area (Å²) in [6, 6.07) is 5.86. The lowest BCUT2D eigenvalue weighted by Gasteiger charge is -2.18. The van der Waals surface area contributed by atoms with Crippen molar-refractivity contribution in [2.24, 2.45) is 0 Å². The molecule has 1 aromatic heterocycles. The molecule has 13 heteroatoms. The third kappa shape index (κ3) is 8.21. The number of carbonyl (C=O) groups excluding carboxylic acids is 1. The number of hydrogen-bond donors (Lipinski definition) is 1. The molecule has 1 heterocycles. The van der Waals surface area contributed by atoms with Crippen LogP contribution >= 0.6 is 0 Å². The Hall–Kier alpha value is -3.09. The Balaban J connectivity index is 2.41. The van der Waals surface area contributed by atoms with E-state index in [2.05, 4.69) is 9.97 Å². The molecular formula is C19H18F5N3O4S. The predicted octanol–water partition coefficient (Wildman–Crippen LogP) is 3.99. The number of alkyl halides is 5. The van der Waals surface area contributed by atoms with Gasteiger partial charge in [0.2, 0.25) is 11.7 Å². The summed E-state index contributed by atoms with van der Waals surface area (Å²) in [6.45, 7) is 0.518. The summed E-state index contributed by atoms with van der Waals surface area (Å²) < 4.78 is 93.8. The van der Waals surface area contributed by atoms with Crippen molar-refractivity contribution in [3.8, 4) is 11.6 Å². The Bertz CT molecular complexity index is 1080. The second kappa shape index (κ2) is 9.59. The molecule has 1 amide bonds. The van der Waals surface area contributed by atoms with Crippen LogP contribution in [0.5, 0.6) is 11.6 Å². The molecule has 7 nitrogen and oxygen atoms in total. The first kappa shape index (κ1) is 25.2. The number of carbonyl (C=O) groups is 1. The minimum Gasteiger partial charge on any atom is -0.438 e. The molecular weight excluding hydrogens is 461 g/mol. The number of rotatable bonds is 8. The zero-order valence-corrected chi connectivity index (χ0v) is 17.5. The molecule has 0 aliphatic carbocycles. The molecule has 0 saturated heterocycles. The van der Waals surface area contributed by atoms with Crippen LogP contribution in [0.2, 0.25) is 0 Å². The van der Waals surface area contributed by atoms with Gasteiger partial charge >= 0.3 is 12.1 Å². The number of sulfone groups is 1. The summed E-state index contributed by atoms with van der Waals surface area (Å²) in [6.07, 6.45) is -4.20. The van der Waals surface area contributed by atoms with Gasteiger partial charge in [0.05, 0.1) is 12.5 Å². The van der Waals surface area contributed by atoms with Gasteiger partial charge in [0.25, 0.3) is 5.91 Å². The molecule has 0 aliphatic rings. The fourth-order valence-corrected chi connectivity index (χ4v) is 2.79. The number of ether oxygens (including phenoxy) is 1. The van der Waals surface area contributed by atoms with Crippen molar-refractivity contribution in [1.29, 1.82) is 0 Å². The lowest BCUT2D eigenvalue weighted by atomic mass is 10.2. The van der Waals surface area contributed by atoms with Crippen LogP contribution in [0.3, 0.4) is 0 Å². The van der Waals surface area contributed by atoms with Crippen LogP contribution in [0.25, 0.3) is 0 Å². The molecule has 0 spiro atoms. The Kier molecular flexibility index (Phi) is 7.54. The quantitative estimate of drug-likeness (QED) is 0.575. The van der Waals surface area contributed by atoms with Crippen molar-refractivity contribution < 1.29 is 39.9 Å². The maximum atomic E-state index is 13.6. The summed E-state index contributed by atoms with van der Waals surface area (Å²) in [5.74, 6) is -6.13. The summed E-state index contributed by atoms with van der Waals surface area (Å²) in [5, 5.41) is 2.51. The van der Waals surface area contributed by atoms with Gasteiger partial charge in [-0.05, 0) is 12.1 Å². The maximum Gasteiger partial charge on any atom is 0.391 e. The number of nitrogens with zero attached hydrogens (tertiary/aromatic N) is 2. The van der Waals surface area contributed by atoms with E-state index in [-0.39, 0.29) is 5.75 Å². The highest BCUT2D eigenvalue weighted by molar-refractivity contribution is 7.93. The third-order valence-corrected chi connectivity index (χ3v) is 4.33. The molecule has 0 bridgehead atoms. The second-order valence-electron chi connectivity index (χ2n) is 6.77. The Labute approximate surface area is 180 Å². The zero-order chi connectivity index (χ0) is 24.2. The van der Waals surface area contributed by atoms with Crippen molar-refractivity contribution in [2.75, 3.05) is 6.26 Å². The van der Waals surface area contributed by atoms with Gasteiger partial charge in [-0.1, -0.05) is 24.3 Å². The van der Waals surface area contributed by atoms with E-state index in [1.54, 1.807) is 18.2 Å². The van der Waals surface area contributed by atoms with Gasteiger partial charge in [-0.3, -0.25) is 4.79 Å². The minimum absolute atomic E-state index is 0.120. The molecule has 0 fully saturated rings. The van der Waals surface area contributed by atoms with E-state index >= 15 is 0 Å². The Morgan fingerprint density at radius 2 is 1.81 bits per heavy atom. The Morgan fingerprint density at radius 3 is 2.34 bits per heavy atom. The lowest BCUT2D eigenvalue weighted by Crippen LogP contribution is -2.37. The maximum absolute atomic E-state index is 13.6. The van der Waals surface area contributed by atoms with E-state index < -0.39 is 57.6 Å². The summed E-state index contributed by atoms with van der Waals surface area (Å²) in [7, 11) is -3.78. The van der Waals surface area contributed by atoms with Crippen LogP contribution in [-0.2, 0) is 15.8 Å². The third-order valence-electron chi connectivity index (χ3n) is 3.67. The minimum atomic E-state index is -4.74. The van der Waals surface area contributed by atoms with E-state index in [0.29, 0.717) is 24.6 Å². The monoisotopic (exact) mass is 479 g/mol. The molecule has 32 heavy (non-hydrogen) atoms. The largest absolute Gasteiger partial charge is 0.438 e. The summed E-state index contributed by atoms with van der Waals surface area (Å²) in [5.41, 5.74) is -0.526. The Morgan fingerprint density at radius 1 is 1.19 bits per heavy atom. The molecule has 0 saturated carbocycles. The molecule has 174 valence electrons. The van der Waals surface area contributed by atoms with Crippen LogP contribution in [0, 0.1) is 0 Å². The summed E-state index contributed by atoms with van der Waals surface area (Å²) in [4.78, 5) is 19.6. The number of aromatic nitrogens is 2. The van der Waals surface area contributed by atoms with Crippen molar-refractivity contribution in [3.63, 3.8) is 0 Å². The van der Waals surface area contributed by atoms with Gasteiger partial charge in [0.15, 0.2) is 9.84 Å². The van der Waals surface area contributed by atoms with E-state index in [9.17, 15) is 35.2 Å². The van der Waals surface area contributed by atoms with Gasteiger partial charge in [-0.2, -0.15) is 26.9 Å². The lowest BCUT2D eigenvalue weighted by molar-refractivity contribution is -0.136. The molecule has 1 unspecified atom stereocenters. The number of amides is 1. The van der Waals surface area contributed by atoms with E-state index in [4.69, 9.17) is 4.74 Å². The average Bonchev–Trinajstić information content (AvgIpc) is 2.64. The van der Waals surface area contributed by atoms with Crippen molar-refractivity contribution >= 4 is 15.7 Å². The van der Waals surface area contributed by atoms with E-state index in [1.165, 1.54) is 12.1 Å². The molecule has 1 aromatic carbocycles. The number of para-hydroxylation sites is 1. The second-order valence-corrected chi connectivity index (χ2v) is 8.70. The van der Waals surface area contributed by atoms with Gasteiger partial charge in [-0.25, -0.2) is 13.4 Å². The van der Waals surface area contributed by atoms with Gasteiger partial charge in [-0.15, -0.1) is 0 Å². The van der Waals surface area contributed by atoms with Crippen molar-refractivity contribution in [3.05, 3.63) is 59.4 Å². The zero-order valence-electron chi connectivity index (χ0n) is 16.7. The number of halogens is 5. The van der Waals surface area contributed by atoms with Gasteiger partial charge in [0, 0.05) is 24.8 Å². The normalized spacial score (nSPS) is 13.7. The van der Waals surface area contributed by atoms with Gasteiger partial charge < -0.3 is 10.1 Å². The average molecular weight is 479 g/mol. The molecule has 0 radical (unpaired) electrons. The predicted molar refractivity (Wildman–Crippen MR) is 104 cm³/mol. The van der Waals surface area contributed by atoms with Crippen LogP contribution in [0.15, 0.2) is 48.0 Å². The van der Waals surface area contributed by atoms with Crippen molar-refractivity contribution in [1.82, 2.24) is 15.3 Å². The fourth-order valence-electron chi connectivity index (χ4n) is 2.31. The number of hydrogen-bond acceptors (Lipinski definition) is 6. The SMILES string of the molecule is CC(F)(F)c1ncc(C(=O)NC(/C=C/S(C)(=O)=O)CC(F)(F)F)c(Oc2ccccc2)n1. The first-order chi connectivity index (χ1) is 14.6. The highest BCUT2D eigenvalue weighted by atomic mass is 32.2. The first-order valence-corrected chi connectivity index (χ1v) is 10.8. The summed E-state index contributed by atoms with van der Waals surface area (Å²) >= 11 is 0. The van der Waals surface area contributed by atoms with Crippen LogP contribution in [0.4, 0.5) is 22.0 Å². The molecule has 2 rings (SSSR count). The topological polar surface area (TPSA) is 98.2 Å². The van der Waals surface area contributed by atoms with Gasteiger partial charge in [0.1, 0.15) is 11.3 Å². The first-order valence-electron chi connectivity index (χ1n) is 8.88. The molecule has 0 aliphatic heterocycles. The number of nitrogens with one attached hydrogen (secondary N) is 1. The van der Waals surface area contributed by atoms with Crippen LogP contribution in [-0.4, -0.2) is 42.8 Å². The van der Waals surface area contributed by atoms with E-state index in [0.717, 1.165) is 6.26 Å². The molecule has 2 aromatic rings. The van der Waals surface area contributed by atoms with Crippen molar-refractivity contribution in [2.45, 2.75) is 31.5 Å². The standard InChI is InChI=1S/C19H18F5N3O4S/c1-18(20,21)17-25-11-14(16(27-17)31-13-6-4-3-5-7-13)15(28)26-12(10-19(22,23)24)8-9-32(2,29)30/h3-9,11-12H,10H2,1-2H3,(H,26,28)/b9-8+. The molecule has 1 atom stereocenters. The van der Waals surface area contributed by atoms with Crippen LogP contribution < -0.4 is 10.1 Å². The smallest absolute Gasteiger partial charge is 0.391 e. The van der Waals surface area contributed by atoms with E-state index in [1.807, 2.05) is 5.32 Å². The van der Waals surface area contributed by atoms with Crippen LogP contribution in [0.1, 0.15) is 29.5 Å². The number of benzene rings is 1.